The Kier molecular flexibility index (Phi) is 9.29. The Labute approximate surface area is 162 Å². The van der Waals surface area contributed by atoms with Gasteiger partial charge in [0.1, 0.15) is 11.9 Å². The van der Waals surface area contributed by atoms with Gasteiger partial charge in [-0.2, -0.15) is 0 Å². The first kappa shape index (κ1) is 23.8. The number of nitrogens with one attached hydrogen (secondary N) is 2. The average Bonchev–Trinajstić information content (AvgIpc) is 2.57. The molecule has 0 heterocycles. The van der Waals surface area contributed by atoms with Crippen LogP contribution in [0.3, 0.4) is 0 Å². The summed E-state index contributed by atoms with van der Waals surface area (Å²) < 4.78 is 24.7. The third kappa shape index (κ3) is 9.11. The molecule has 0 aliphatic carbocycles. The molecule has 0 saturated carbocycles. The first-order valence-corrected chi connectivity index (χ1v) is 10.3. The maximum atomic E-state index is 13.6. The van der Waals surface area contributed by atoms with Crippen molar-refractivity contribution in [3.63, 3.8) is 0 Å². The molecule has 0 unspecified atom stereocenters. The smallest absolute Gasteiger partial charge is 0.339 e. The van der Waals surface area contributed by atoms with E-state index in [1.807, 2.05) is 0 Å². The van der Waals surface area contributed by atoms with Crippen LogP contribution < -0.4 is 10.6 Å². The molecule has 1 amide bonds. The first-order valence-electron chi connectivity index (χ1n) is 8.54. The molecule has 0 aromatic heterocycles. The summed E-state index contributed by atoms with van der Waals surface area (Å²) in [7, 11) is -4.45. The van der Waals surface area contributed by atoms with Crippen LogP contribution in [0.15, 0.2) is 24.3 Å². The van der Waals surface area contributed by atoms with Gasteiger partial charge in [0, 0.05) is 6.42 Å². The zero-order valence-corrected chi connectivity index (χ0v) is 16.4. The second-order valence-electron chi connectivity index (χ2n) is 6.59. The van der Waals surface area contributed by atoms with E-state index in [1.54, 1.807) is 19.9 Å². The number of hydrogen-bond acceptors (Lipinski definition) is 4. The Bertz CT molecular complexity index is 799. The van der Waals surface area contributed by atoms with Crippen LogP contribution in [0.1, 0.15) is 32.3 Å². The fourth-order valence-corrected chi connectivity index (χ4v) is 2.72. The number of benzene rings is 1. The Hall–Kier alpha value is -2.24. The van der Waals surface area contributed by atoms with Crippen LogP contribution in [-0.4, -0.2) is 45.1 Å². The summed E-state index contributed by atoms with van der Waals surface area (Å²) in [5, 5.41) is 14.0. The van der Waals surface area contributed by atoms with E-state index in [-0.39, 0.29) is 24.3 Å². The third-order valence-electron chi connectivity index (χ3n) is 3.58. The van der Waals surface area contributed by atoms with Crippen LogP contribution in [0.4, 0.5) is 4.39 Å². The summed E-state index contributed by atoms with van der Waals surface area (Å²) in [5.41, 5.74) is 0.111. The lowest BCUT2D eigenvalue weighted by molar-refractivity contribution is -0.142. The minimum atomic E-state index is -4.45. The molecule has 2 atom stereocenters. The van der Waals surface area contributed by atoms with Crippen molar-refractivity contribution in [1.29, 1.82) is 0 Å². The second kappa shape index (κ2) is 10.9. The molecule has 28 heavy (non-hydrogen) atoms. The average molecular weight is 414 g/mol. The van der Waals surface area contributed by atoms with Crippen molar-refractivity contribution in [2.75, 3.05) is 6.29 Å². The molecule has 5 N–H and O–H groups in total. The van der Waals surface area contributed by atoms with Gasteiger partial charge in [0.05, 0.1) is 17.9 Å². The van der Waals surface area contributed by atoms with E-state index >= 15 is 0 Å². The van der Waals surface area contributed by atoms with Crippen molar-refractivity contribution in [1.82, 2.24) is 10.6 Å². The van der Waals surface area contributed by atoms with Crippen LogP contribution >= 0.6 is 7.60 Å². The van der Waals surface area contributed by atoms with Gasteiger partial charge in [0.2, 0.25) is 5.91 Å². The Morgan fingerprint density at radius 3 is 2.39 bits per heavy atom. The van der Waals surface area contributed by atoms with E-state index in [2.05, 4.69) is 22.5 Å². The summed E-state index contributed by atoms with van der Waals surface area (Å²) in [4.78, 5) is 41.8. The number of hydrogen-bond donors (Lipinski definition) is 5. The fourth-order valence-electron chi connectivity index (χ4n) is 2.26. The van der Waals surface area contributed by atoms with Crippen molar-refractivity contribution in [3.8, 4) is 11.8 Å². The number of carboxylic acid groups (broad SMARTS) is 1. The predicted molar refractivity (Wildman–Crippen MR) is 101 cm³/mol. The SMILES string of the molecule is CC(C)C[C@H](NC(=O)[C@H](CC#Cc1ccccc1F)NCP(=O)(O)O)C(=O)O. The van der Waals surface area contributed by atoms with Gasteiger partial charge in [-0.3, -0.25) is 14.7 Å². The van der Waals surface area contributed by atoms with E-state index in [0.29, 0.717) is 0 Å². The molecular weight excluding hydrogens is 390 g/mol. The zero-order chi connectivity index (χ0) is 21.3. The second-order valence-corrected chi connectivity index (χ2v) is 8.24. The summed E-state index contributed by atoms with van der Waals surface area (Å²) in [6, 6.07) is 3.44. The Balaban J connectivity index is 2.92. The summed E-state index contributed by atoms with van der Waals surface area (Å²) >= 11 is 0. The van der Waals surface area contributed by atoms with Crippen molar-refractivity contribution in [2.45, 2.75) is 38.8 Å². The maximum absolute atomic E-state index is 13.6. The minimum Gasteiger partial charge on any atom is -0.480 e. The highest BCUT2D eigenvalue weighted by Gasteiger charge is 2.27. The third-order valence-corrected chi connectivity index (χ3v) is 4.18. The standard InChI is InChI=1S/C18H24FN2O6P/c1-12(2)10-16(18(23)24)21-17(22)15(20-11-28(25,26)27)9-5-7-13-6-3-4-8-14(13)19/h3-4,6,8,12,15-16,20H,9-11H2,1-2H3,(H,21,22)(H,23,24)(H2,25,26,27)/t15-,16-/m0/s1. The lowest BCUT2D eigenvalue weighted by Crippen LogP contribution is -2.50. The number of halogens is 1. The van der Waals surface area contributed by atoms with E-state index < -0.39 is 43.7 Å². The lowest BCUT2D eigenvalue weighted by atomic mass is 10.0. The number of carboxylic acids is 1. The number of carbonyl (C=O) groups is 2. The van der Waals surface area contributed by atoms with Crippen LogP contribution in [0.25, 0.3) is 0 Å². The molecule has 0 radical (unpaired) electrons. The molecule has 0 aliphatic heterocycles. The molecule has 1 rings (SSSR count). The normalized spacial score (nSPS) is 13.4. The van der Waals surface area contributed by atoms with Crippen LogP contribution in [0.5, 0.6) is 0 Å². The molecule has 0 spiro atoms. The molecular formula is C18H24FN2O6P. The van der Waals surface area contributed by atoms with Gasteiger partial charge in [0.25, 0.3) is 0 Å². The molecule has 8 nitrogen and oxygen atoms in total. The highest BCUT2D eigenvalue weighted by atomic mass is 31.2. The van der Waals surface area contributed by atoms with Gasteiger partial charge < -0.3 is 20.2 Å². The van der Waals surface area contributed by atoms with E-state index in [0.717, 1.165) is 0 Å². The van der Waals surface area contributed by atoms with Crippen molar-refractivity contribution >= 4 is 19.5 Å². The van der Waals surface area contributed by atoms with Gasteiger partial charge in [0.15, 0.2) is 0 Å². The number of rotatable bonds is 9. The van der Waals surface area contributed by atoms with Gasteiger partial charge in [-0.15, -0.1) is 0 Å². The maximum Gasteiger partial charge on any atom is 0.339 e. The summed E-state index contributed by atoms with van der Waals surface area (Å²) in [6.45, 7) is 3.59. The predicted octanol–water partition coefficient (Wildman–Crippen LogP) is 1.28. The molecule has 0 aliphatic rings. The molecule has 0 fully saturated rings. The Morgan fingerprint density at radius 1 is 1.21 bits per heavy atom. The molecule has 1 aromatic carbocycles. The fraction of sp³-hybridized carbons (Fsp3) is 0.444. The van der Waals surface area contributed by atoms with E-state index in [9.17, 15) is 23.7 Å². The van der Waals surface area contributed by atoms with Crippen molar-refractivity contribution < 1.29 is 33.4 Å². The van der Waals surface area contributed by atoms with Crippen molar-refractivity contribution in [2.24, 2.45) is 5.92 Å². The van der Waals surface area contributed by atoms with Gasteiger partial charge in [-0.05, 0) is 24.5 Å². The summed E-state index contributed by atoms with van der Waals surface area (Å²) in [6.07, 6.45) is -0.796. The monoisotopic (exact) mass is 414 g/mol. The zero-order valence-electron chi connectivity index (χ0n) is 15.6. The lowest BCUT2D eigenvalue weighted by Gasteiger charge is -2.21. The first-order chi connectivity index (χ1) is 13.0. The van der Waals surface area contributed by atoms with E-state index in [1.165, 1.54) is 18.2 Å². The van der Waals surface area contributed by atoms with E-state index in [4.69, 9.17) is 9.79 Å². The number of aliphatic carboxylic acids is 1. The number of carbonyl (C=O) groups excluding carboxylic acids is 1. The van der Waals surface area contributed by atoms with Crippen LogP contribution in [0, 0.1) is 23.6 Å². The van der Waals surface area contributed by atoms with Gasteiger partial charge >= 0.3 is 13.6 Å². The quantitative estimate of drug-likeness (QED) is 0.303. The Morgan fingerprint density at radius 2 is 1.86 bits per heavy atom. The van der Waals surface area contributed by atoms with Crippen molar-refractivity contribution in [3.05, 3.63) is 35.6 Å². The van der Waals surface area contributed by atoms with Gasteiger partial charge in [-0.25, -0.2) is 9.18 Å². The molecule has 154 valence electrons. The largest absolute Gasteiger partial charge is 0.480 e. The molecule has 1 aromatic rings. The highest BCUT2D eigenvalue weighted by molar-refractivity contribution is 7.51. The highest BCUT2D eigenvalue weighted by Crippen LogP contribution is 2.32. The van der Waals surface area contributed by atoms with Crippen LogP contribution in [-0.2, 0) is 14.2 Å². The summed E-state index contributed by atoms with van der Waals surface area (Å²) in [5.74, 6) is 2.63. The molecule has 10 heteroatoms. The van der Waals surface area contributed by atoms with Crippen LogP contribution in [0.2, 0.25) is 0 Å². The topological polar surface area (TPSA) is 136 Å². The minimum absolute atomic E-state index is 0.00348. The molecule has 0 bridgehead atoms. The number of amides is 1. The van der Waals surface area contributed by atoms with Gasteiger partial charge in [-0.1, -0.05) is 37.8 Å². The molecule has 0 saturated heterocycles.